The van der Waals surface area contributed by atoms with E-state index in [1.807, 2.05) is 54.6 Å². The topological polar surface area (TPSA) is 31.2 Å². The average molecular weight is 347 g/mol. The minimum Gasteiger partial charge on any atom is -0.465 e. The fourth-order valence-corrected chi connectivity index (χ4v) is 3.27. The summed E-state index contributed by atoms with van der Waals surface area (Å²) in [7, 11) is 1.43. The Morgan fingerprint density at radius 3 is 2.08 bits per heavy atom. The van der Waals surface area contributed by atoms with Crippen LogP contribution in [0.4, 0.5) is 0 Å². The van der Waals surface area contributed by atoms with Crippen molar-refractivity contribution in [3.05, 3.63) is 83.6 Å². The van der Waals surface area contributed by atoms with Crippen LogP contribution in [0, 0.1) is 0 Å². The maximum Gasteiger partial charge on any atom is 0.340 e. The molecule has 0 amide bonds. The second kappa shape index (κ2) is 7.20. The summed E-state index contributed by atoms with van der Waals surface area (Å²) in [6.07, 6.45) is 0. The van der Waals surface area contributed by atoms with Gasteiger partial charge in [-0.15, -0.1) is 0 Å². The molecule has 1 heterocycles. The third-order valence-corrected chi connectivity index (χ3v) is 4.50. The highest BCUT2D eigenvalue weighted by atomic mass is 16.5. The van der Waals surface area contributed by atoms with Gasteiger partial charge in [-0.3, -0.25) is 0 Å². The molecule has 1 aromatic heterocycles. The Hall–Kier alpha value is -2.81. The minimum atomic E-state index is -0.304. The highest BCUT2D eigenvalue weighted by Gasteiger charge is 2.27. The number of rotatable bonds is 4. The van der Waals surface area contributed by atoms with Gasteiger partial charge in [0.15, 0.2) is 0 Å². The predicted octanol–water partition coefficient (Wildman–Crippen LogP) is 5.29. The van der Waals surface area contributed by atoms with Crippen molar-refractivity contribution >= 4 is 5.97 Å². The highest BCUT2D eigenvalue weighted by molar-refractivity contribution is 5.97. The largest absolute Gasteiger partial charge is 0.465 e. The fourth-order valence-electron chi connectivity index (χ4n) is 3.27. The predicted molar refractivity (Wildman–Crippen MR) is 105 cm³/mol. The van der Waals surface area contributed by atoms with Crippen LogP contribution in [0.25, 0.3) is 11.3 Å². The number of esters is 1. The molecule has 0 N–H and O–H groups in total. The number of ether oxygens (including phenoxy) is 1. The molecule has 0 spiro atoms. The van der Waals surface area contributed by atoms with Gasteiger partial charge in [0.05, 0.1) is 18.4 Å². The zero-order chi connectivity index (χ0) is 18.7. The van der Waals surface area contributed by atoms with Gasteiger partial charge in [0.25, 0.3) is 0 Å². The number of aromatic nitrogens is 1. The van der Waals surface area contributed by atoms with E-state index in [1.165, 1.54) is 12.7 Å². The molecule has 0 aliphatic heterocycles. The van der Waals surface area contributed by atoms with E-state index in [2.05, 4.69) is 37.5 Å². The van der Waals surface area contributed by atoms with Crippen LogP contribution < -0.4 is 0 Å². The molecule has 26 heavy (non-hydrogen) atoms. The molecule has 0 saturated heterocycles. The zero-order valence-electron chi connectivity index (χ0n) is 15.8. The van der Waals surface area contributed by atoms with Crippen molar-refractivity contribution in [2.24, 2.45) is 0 Å². The van der Waals surface area contributed by atoms with Gasteiger partial charge in [0.2, 0.25) is 0 Å². The van der Waals surface area contributed by atoms with E-state index >= 15 is 0 Å². The Bertz CT molecular complexity index is 887. The smallest absolute Gasteiger partial charge is 0.340 e. The molecule has 0 atom stereocenters. The van der Waals surface area contributed by atoms with Crippen LogP contribution in [-0.2, 0) is 16.7 Å². The third kappa shape index (κ3) is 3.57. The van der Waals surface area contributed by atoms with Gasteiger partial charge in [-0.2, -0.15) is 0 Å². The van der Waals surface area contributed by atoms with Crippen LogP contribution in [0.3, 0.4) is 0 Å². The molecule has 0 unspecified atom stereocenters. The molecule has 3 rings (SSSR count). The van der Waals surface area contributed by atoms with Gasteiger partial charge in [-0.05, 0) is 17.2 Å². The molecule has 0 fully saturated rings. The van der Waals surface area contributed by atoms with Gasteiger partial charge >= 0.3 is 5.97 Å². The first kappa shape index (κ1) is 18.0. The van der Waals surface area contributed by atoms with Crippen molar-refractivity contribution < 1.29 is 9.53 Å². The average Bonchev–Trinajstić information content (AvgIpc) is 3.02. The van der Waals surface area contributed by atoms with Crippen molar-refractivity contribution in [2.45, 2.75) is 32.7 Å². The SMILES string of the molecule is COC(=O)c1cc(C(C)(C)C)n(Cc2ccccc2)c1-c1ccccc1. The van der Waals surface area contributed by atoms with E-state index in [9.17, 15) is 4.79 Å². The number of nitrogens with zero attached hydrogens (tertiary/aromatic N) is 1. The van der Waals surface area contributed by atoms with Gasteiger partial charge in [-0.25, -0.2) is 4.79 Å². The number of carbonyl (C=O) groups excluding carboxylic acids is 1. The van der Waals surface area contributed by atoms with Gasteiger partial charge in [0, 0.05) is 17.7 Å². The monoisotopic (exact) mass is 347 g/mol. The maximum absolute atomic E-state index is 12.5. The van der Waals surface area contributed by atoms with Crippen molar-refractivity contribution in [1.29, 1.82) is 0 Å². The van der Waals surface area contributed by atoms with Crippen molar-refractivity contribution in [3.63, 3.8) is 0 Å². The molecule has 3 aromatic rings. The third-order valence-electron chi connectivity index (χ3n) is 4.50. The van der Waals surface area contributed by atoms with Gasteiger partial charge in [-0.1, -0.05) is 81.4 Å². The molecular weight excluding hydrogens is 322 g/mol. The Morgan fingerprint density at radius 1 is 0.962 bits per heavy atom. The summed E-state index contributed by atoms with van der Waals surface area (Å²) in [5.74, 6) is -0.304. The van der Waals surface area contributed by atoms with Crippen LogP contribution in [0.15, 0.2) is 66.7 Å². The standard InChI is InChI=1S/C23H25NO2/c1-23(2,3)20-15-19(22(25)26-4)21(18-13-9-6-10-14-18)24(20)16-17-11-7-5-8-12-17/h5-15H,16H2,1-4H3. The molecule has 0 saturated carbocycles. The van der Waals surface area contributed by atoms with Crippen LogP contribution >= 0.6 is 0 Å². The van der Waals surface area contributed by atoms with Crippen molar-refractivity contribution in [3.8, 4) is 11.3 Å². The number of carbonyl (C=O) groups is 1. The van der Waals surface area contributed by atoms with E-state index in [-0.39, 0.29) is 11.4 Å². The quantitative estimate of drug-likeness (QED) is 0.601. The van der Waals surface area contributed by atoms with Crippen LogP contribution in [0.2, 0.25) is 0 Å². The fraction of sp³-hybridized carbons (Fsp3) is 0.261. The first-order chi connectivity index (χ1) is 12.4. The molecule has 134 valence electrons. The molecule has 3 heteroatoms. The summed E-state index contributed by atoms with van der Waals surface area (Å²) >= 11 is 0. The molecule has 0 radical (unpaired) electrons. The summed E-state index contributed by atoms with van der Waals surface area (Å²) in [6.45, 7) is 7.20. The normalized spacial score (nSPS) is 11.4. The first-order valence-electron chi connectivity index (χ1n) is 8.83. The van der Waals surface area contributed by atoms with Gasteiger partial charge < -0.3 is 9.30 Å². The lowest BCUT2D eigenvalue weighted by molar-refractivity contribution is 0.0601. The minimum absolute atomic E-state index is 0.107. The summed E-state index contributed by atoms with van der Waals surface area (Å²) in [5, 5.41) is 0. The summed E-state index contributed by atoms with van der Waals surface area (Å²) in [4.78, 5) is 12.5. The zero-order valence-corrected chi connectivity index (χ0v) is 15.8. The van der Waals surface area contributed by atoms with E-state index in [1.54, 1.807) is 0 Å². The Kier molecular flexibility index (Phi) is 4.99. The maximum atomic E-state index is 12.5. The lowest BCUT2D eigenvalue weighted by Gasteiger charge is -2.23. The second-order valence-corrected chi connectivity index (χ2v) is 7.47. The molecule has 0 aliphatic rings. The van der Waals surface area contributed by atoms with E-state index in [0.29, 0.717) is 12.1 Å². The van der Waals surface area contributed by atoms with E-state index < -0.39 is 0 Å². The Balaban J connectivity index is 2.27. The lowest BCUT2D eigenvalue weighted by Crippen LogP contribution is -2.18. The molecular formula is C23H25NO2. The van der Waals surface area contributed by atoms with Crippen LogP contribution in [0.5, 0.6) is 0 Å². The van der Waals surface area contributed by atoms with Gasteiger partial charge in [0.1, 0.15) is 0 Å². The number of hydrogen-bond donors (Lipinski definition) is 0. The van der Waals surface area contributed by atoms with E-state index in [4.69, 9.17) is 4.74 Å². The Labute approximate surface area is 155 Å². The number of methoxy groups -OCH3 is 1. The molecule has 0 aliphatic carbocycles. The van der Waals surface area contributed by atoms with Crippen LogP contribution in [-0.4, -0.2) is 17.6 Å². The Morgan fingerprint density at radius 2 is 1.54 bits per heavy atom. The van der Waals surface area contributed by atoms with Crippen molar-refractivity contribution in [2.75, 3.05) is 7.11 Å². The molecule has 2 aromatic carbocycles. The van der Waals surface area contributed by atoms with Crippen LogP contribution in [0.1, 0.15) is 42.4 Å². The molecule has 0 bridgehead atoms. The highest BCUT2D eigenvalue weighted by Crippen LogP contribution is 2.34. The summed E-state index contributed by atoms with van der Waals surface area (Å²) in [5.41, 5.74) is 4.73. The summed E-state index contributed by atoms with van der Waals surface area (Å²) < 4.78 is 7.32. The van der Waals surface area contributed by atoms with Crippen molar-refractivity contribution in [1.82, 2.24) is 4.57 Å². The van der Waals surface area contributed by atoms with E-state index in [0.717, 1.165) is 17.0 Å². The number of benzene rings is 2. The second-order valence-electron chi connectivity index (χ2n) is 7.47. The first-order valence-corrected chi connectivity index (χ1v) is 8.83. The summed E-state index contributed by atoms with van der Waals surface area (Å²) in [6, 6.07) is 22.3. The molecule has 3 nitrogen and oxygen atoms in total. The lowest BCUT2D eigenvalue weighted by atomic mass is 9.91. The number of hydrogen-bond acceptors (Lipinski definition) is 2.